The zero-order valence-electron chi connectivity index (χ0n) is 10.4. The van der Waals surface area contributed by atoms with Crippen molar-refractivity contribution in [1.82, 2.24) is 0 Å². The Balaban J connectivity index is 3.06. The number of non-ortho nitro benzene ring substituents is 1. The van der Waals surface area contributed by atoms with Crippen LogP contribution in [0.5, 0.6) is 0 Å². The van der Waals surface area contributed by atoms with Crippen molar-refractivity contribution in [2.75, 3.05) is 5.01 Å². The lowest BCUT2D eigenvalue weighted by molar-refractivity contribution is -0.384. The van der Waals surface area contributed by atoms with Crippen molar-refractivity contribution in [3.05, 3.63) is 59.3 Å². The van der Waals surface area contributed by atoms with Gasteiger partial charge in [-0.2, -0.15) is 5.10 Å². The molecule has 0 saturated carbocycles. The van der Waals surface area contributed by atoms with Crippen LogP contribution in [0.3, 0.4) is 0 Å². The van der Waals surface area contributed by atoms with Gasteiger partial charge < -0.3 is 0 Å². The Morgan fingerprint density at radius 2 is 2.06 bits per heavy atom. The van der Waals surface area contributed by atoms with Gasteiger partial charge in [-0.3, -0.25) is 10.1 Å². The fourth-order valence-corrected chi connectivity index (χ4v) is 1.26. The van der Waals surface area contributed by atoms with Gasteiger partial charge in [0, 0.05) is 18.3 Å². The van der Waals surface area contributed by atoms with Crippen LogP contribution in [0, 0.1) is 10.1 Å². The average Bonchev–Trinajstić information content (AvgIpc) is 2.38. The van der Waals surface area contributed by atoms with Crippen molar-refractivity contribution >= 4 is 17.1 Å². The molecule has 0 amide bonds. The molecule has 0 N–H and O–H groups in total. The van der Waals surface area contributed by atoms with Gasteiger partial charge >= 0.3 is 0 Å². The SMILES string of the molecule is C=C/C(C)=N/N(/C=C\C)c1ccc([N+](=O)[O-])cc1. The topological polar surface area (TPSA) is 58.7 Å². The largest absolute Gasteiger partial charge is 0.269 e. The van der Waals surface area contributed by atoms with Gasteiger partial charge in [0.05, 0.1) is 16.3 Å². The maximum atomic E-state index is 10.6. The number of nitro benzene ring substituents is 1. The van der Waals surface area contributed by atoms with Crippen LogP contribution < -0.4 is 5.01 Å². The fourth-order valence-electron chi connectivity index (χ4n) is 1.26. The molecular weight excluding hydrogens is 230 g/mol. The number of hydrazone groups is 1. The fraction of sp³-hybridized carbons (Fsp3) is 0.154. The van der Waals surface area contributed by atoms with Crippen molar-refractivity contribution < 1.29 is 4.92 Å². The number of anilines is 1. The van der Waals surface area contributed by atoms with E-state index in [1.165, 1.54) is 12.1 Å². The van der Waals surface area contributed by atoms with Crippen LogP contribution >= 0.6 is 0 Å². The second-order valence-electron chi connectivity index (χ2n) is 3.55. The van der Waals surface area contributed by atoms with E-state index in [1.54, 1.807) is 29.4 Å². The summed E-state index contributed by atoms with van der Waals surface area (Å²) in [4.78, 5) is 10.1. The summed E-state index contributed by atoms with van der Waals surface area (Å²) in [5.41, 5.74) is 1.56. The lowest BCUT2D eigenvalue weighted by atomic mass is 10.3. The second kappa shape index (κ2) is 6.34. The van der Waals surface area contributed by atoms with Crippen LogP contribution in [0.15, 0.2) is 54.3 Å². The van der Waals surface area contributed by atoms with Crippen LogP contribution in [-0.4, -0.2) is 10.6 Å². The summed E-state index contributed by atoms with van der Waals surface area (Å²) >= 11 is 0. The van der Waals surface area contributed by atoms with Crippen LogP contribution in [-0.2, 0) is 0 Å². The van der Waals surface area contributed by atoms with E-state index >= 15 is 0 Å². The highest BCUT2D eigenvalue weighted by atomic mass is 16.6. The van der Waals surface area contributed by atoms with Crippen LogP contribution in [0.25, 0.3) is 0 Å². The predicted molar refractivity (Wildman–Crippen MR) is 73.7 cm³/mol. The first-order valence-electron chi connectivity index (χ1n) is 5.42. The molecule has 0 aliphatic heterocycles. The monoisotopic (exact) mass is 245 g/mol. The molecule has 0 saturated heterocycles. The Kier molecular flexibility index (Phi) is 4.80. The summed E-state index contributed by atoms with van der Waals surface area (Å²) in [6.45, 7) is 7.33. The normalized spacial score (nSPS) is 11.6. The molecule has 0 heterocycles. The van der Waals surface area contributed by atoms with Gasteiger partial charge in [-0.1, -0.05) is 12.7 Å². The van der Waals surface area contributed by atoms with E-state index in [2.05, 4.69) is 11.7 Å². The zero-order chi connectivity index (χ0) is 13.5. The molecule has 18 heavy (non-hydrogen) atoms. The lowest BCUT2D eigenvalue weighted by Gasteiger charge is -2.14. The molecule has 0 radical (unpaired) electrons. The van der Waals surface area contributed by atoms with Crippen molar-refractivity contribution in [2.24, 2.45) is 5.10 Å². The Labute approximate surface area is 106 Å². The summed E-state index contributed by atoms with van der Waals surface area (Å²) in [6.07, 6.45) is 5.25. The van der Waals surface area contributed by atoms with Crippen LogP contribution in [0.1, 0.15) is 13.8 Å². The zero-order valence-corrected chi connectivity index (χ0v) is 10.4. The molecule has 5 nitrogen and oxygen atoms in total. The molecule has 0 aliphatic rings. The first-order chi connectivity index (χ1) is 8.58. The van der Waals surface area contributed by atoms with Crippen molar-refractivity contribution in [1.29, 1.82) is 0 Å². The summed E-state index contributed by atoms with van der Waals surface area (Å²) in [6, 6.07) is 6.20. The molecule has 0 unspecified atom stereocenters. The van der Waals surface area contributed by atoms with Crippen molar-refractivity contribution in [3.63, 3.8) is 0 Å². The first kappa shape index (κ1) is 13.6. The number of allylic oxidation sites excluding steroid dienone is 2. The number of benzene rings is 1. The Hall–Kier alpha value is -2.43. The Bertz CT molecular complexity index is 489. The third-order valence-corrected chi connectivity index (χ3v) is 2.18. The van der Waals surface area contributed by atoms with Crippen molar-refractivity contribution in [3.8, 4) is 0 Å². The number of hydrogen-bond donors (Lipinski definition) is 0. The van der Waals surface area contributed by atoms with Gasteiger partial charge in [0.2, 0.25) is 0 Å². The van der Waals surface area contributed by atoms with Gasteiger partial charge in [0.25, 0.3) is 5.69 Å². The highest BCUT2D eigenvalue weighted by molar-refractivity contribution is 5.93. The van der Waals surface area contributed by atoms with Crippen LogP contribution in [0.2, 0.25) is 0 Å². The highest BCUT2D eigenvalue weighted by Crippen LogP contribution is 2.20. The maximum absolute atomic E-state index is 10.6. The summed E-state index contributed by atoms with van der Waals surface area (Å²) in [7, 11) is 0. The van der Waals surface area contributed by atoms with Gasteiger partial charge in [-0.25, -0.2) is 5.01 Å². The number of nitrogens with zero attached hydrogens (tertiary/aromatic N) is 3. The lowest BCUT2D eigenvalue weighted by Crippen LogP contribution is -2.09. The molecule has 0 spiro atoms. The molecule has 5 heteroatoms. The molecular formula is C13H15N3O2. The van der Waals surface area contributed by atoms with Gasteiger partial charge in [0.1, 0.15) is 0 Å². The first-order valence-corrected chi connectivity index (χ1v) is 5.42. The van der Waals surface area contributed by atoms with Crippen LogP contribution in [0.4, 0.5) is 11.4 Å². The average molecular weight is 245 g/mol. The minimum absolute atomic E-state index is 0.0589. The summed E-state index contributed by atoms with van der Waals surface area (Å²) in [5, 5.41) is 16.5. The standard InChI is InChI=1S/C13H15N3O2/c1-4-10-15(14-11(3)5-2)12-6-8-13(9-7-12)16(17)18/h4-10H,2H2,1,3H3/b10-4-,14-11+. The molecule has 0 atom stereocenters. The highest BCUT2D eigenvalue weighted by Gasteiger charge is 2.06. The van der Waals surface area contributed by atoms with E-state index in [-0.39, 0.29) is 5.69 Å². The third-order valence-electron chi connectivity index (χ3n) is 2.18. The molecule has 1 rings (SSSR count). The number of nitro groups is 1. The molecule has 0 bridgehead atoms. The maximum Gasteiger partial charge on any atom is 0.269 e. The smallest absolute Gasteiger partial charge is 0.258 e. The molecule has 0 fully saturated rings. The van der Waals surface area contributed by atoms with E-state index in [1.807, 2.05) is 19.9 Å². The molecule has 1 aromatic rings. The third kappa shape index (κ3) is 3.55. The van der Waals surface area contributed by atoms with E-state index in [9.17, 15) is 10.1 Å². The molecule has 0 aliphatic carbocycles. The predicted octanol–water partition coefficient (Wildman–Crippen LogP) is 3.50. The molecule has 94 valence electrons. The van der Waals surface area contributed by atoms with Gasteiger partial charge in [-0.15, -0.1) is 0 Å². The van der Waals surface area contributed by atoms with Gasteiger partial charge in [0.15, 0.2) is 0 Å². The molecule has 1 aromatic carbocycles. The van der Waals surface area contributed by atoms with Crippen molar-refractivity contribution in [2.45, 2.75) is 13.8 Å². The van der Waals surface area contributed by atoms with Gasteiger partial charge in [-0.05, 0) is 32.1 Å². The second-order valence-corrected chi connectivity index (χ2v) is 3.55. The summed E-state index contributed by atoms with van der Waals surface area (Å²) in [5.74, 6) is 0. The van der Waals surface area contributed by atoms with E-state index in [4.69, 9.17) is 0 Å². The summed E-state index contributed by atoms with van der Waals surface area (Å²) < 4.78 is 0. The minimum Gasteiger partial charge on any atom is -0.258 e. The number of hydrogen-bond acceptors (Lipinski definition) is 4. The van der Waals surface area contributed by atoms with E-state index in [0.29, 0.717) is 0 Å². The Morgan fingerprint density at radius 1 is 1.44 bits per heavy atom. The quantitative estimate of drug-likeness (QED) is 0.453. The minimum atomic E-state index is -0.429. The Morgan fingerprint density at radius 3 is 2.50 bits per heavy atom. The molecule has 0 aromatic heterocycles. The van der Waals surface area contributed by atoms with E-state index in [0.717, 1.165) is 11.4 Å². The number of rotatable bonds is 5. The van der Waals surface area contributed by atoms with E-state index < -0.39 is 4.92 Å².